The molecule has 2 unspecified atom stereocenters. The average molecular weight is 385 g/mol. The van der Waals surface area contributed by atoms with Crippen molar-refractivity contribution < 1.29 is 13.2 Å². The lowest BCUT2D eigenvalue weighted by Gasteiger charge is -2.43. The zero-order valence-electron chi connectivity index (χ0n) is 15.6. The third-order valence-corrected chi connectivity index (χ3v) is 7.22. The van der Waals surface area contributed by atoms with Crippen LogP contribution in [0.15, 0.2) is 48.5 Å². The lowest BCUT2D eigenvalue weighted by atomic mass is 10.0. The summed E-state index contributed by atoms with van der Waals surface area (Å²) in [5.74, 6) is 0.102. The van der Waals surface area contributed by atoms with E-state index in [1.54, 1.807) is 4.90 Å². The summed E-state index contributed by atoms with van der Waals surface area (Å²) in [6.45, 7) is 4.85. The fourth-order valence-corrected chi connectivity index (χ4v) is 6.08. The van der Waals surface area contributed by atoms with Gasteiger partial charge in [0.15, 0.2) is 9.84 Å². The van der Waals surface area contributed by atoms with Crippen molar-refractivity contribution in [3.63, 3.8) is 0 Å². The fraction of sp³-hybridized carbons (Fsp3) is 0.381. The number of piperazine rings is 1. The summed E-state index contributed by atoms with van der Waals surface area (Å²) in [6, 6.07) is 15.4. The van der Waals surface area contributed by atoms with Gasteiger partial charge in [-0.2, -0.15) is 0 Å². The van der Waals surface area contributed by atoms with Gasteiger partial charge in [0.2, 0.25) is 5.91 Å². The Kier molecular flexibility index (Phi) is 4.56. The molecule has 0 saturated carbocycles. The van der Waals surface area contributed by atoms with Gasteiger partial charge in [0, 0.05) is 18.3 Å². The van der Waals surface area contributed by atoms with Crippen LogP contribution in [0.3, 0.4) is 0 Å². The van der Waals surface area contributed by atoms with Gasteiger partial charge in [0.25, 0.3) is 0 Å². The van der Waals surface area contributed by atoms with Gasteiger partial charge in [-0.25, -0.2) is 8.42 Å². The first kappa shape index (κ1) is 18.2. The number of hydrogen-bond donors (Lipinski definition) is 0. The highest BCUT2D eigenvalue weighted by Crippen LogP contribution is 2.32. The van der Waals surface area contributed by atoms with Gasteiger partial charge in [-0.1, -0.05) is 47.5 Å². The second-order valence-electron chi connectivity index (χ2n) is 7.70. The summed E-state index contributed by atoms with van der Waals surface area (Å²) in [5, 5.41) is 0. The molecule has 0 radical (unpaired) electrons. The highest BCUT2D eigenvalue weighted by molar-refractivity contribution is 7.91. The molecule has 5 nitrogen and oxygen atoms in total. The molecule has 142 valence electrons. The molecule has 2 aliphatic heterocycles. The molecule has 0 aromatic heterocycles. The van der Waals surface area contributed by atoms with E-state index < -0.39 is 9.84 Å². The van der Waals surface area contributed by atoms with Crippen LogP contribution in [-0.2, 0) is 21.2 Å². The Morgan fingerprint density at radius 1 is 0.889 bits per heavy atom. The quantitative estimate of drug-likeness (QED) is 0.815. The van der Waals surface area contributed by atoms with Crippen molar-refractivity contribution in [2.75, 3.05) is 23.0 Å². The highest BCUT2D eigenvalue weighted by atomic mass is 32.2. The Bertz CT molecular complexity index is 952. The highest BCUT2D eigenvalue weighted by Gasteiger charge is 2.49. The van der Waals surface area contributed by atoms with Gasteiger partial charge < -0.3 is 4.90 Å². The summed E-state index contributed by atoms with van der Waals surface area (Å²) in [6.07, 6.45) is 0. The summed E-state index contributed by atoms with van der Waals surface area (Å²) in [5.41, 5.74) is 4.17. The van der Waals surface area contributed by atoms with Crippen LogP contribution in [0, 0.1) is 13.8 Å². The molecule has 0 bridgehead atoms. The van der Waals surface area contributed by atoms with Gasteiger partial charge in [0.05, 0.1) is 24.1 Å². The predicted molar refractivity (Wildman–Crippen MR) is 106 cm³/mol. The molecule has 2 aromatic rings. The van der Waals surface area contributed by atoms with Crippen molar-refractivity contribution in [3.8, 4) is 0 Å². The normalized spacial score (nSPS) is 24.8. The number of fused-ring (bicyclic) bond motifs is 1. The minimum atomic E-state index is -3.17. The lowest BCUT2D eigenvalue weighted by molar-refractivity contribution is -0.123. The van der Waals surface area contributed by atoms with E-state index in [2.05, 4.69) is 0 Å². The van der Waals surface area contributed by atoms with Crippen LogP contribution < -0.4 is 4.90 Å². The first-order valence-electron chi connectivity index (χ1n) is 9.21. The maximum atomic E-state index is 13.0. The molecule has 2 atom stereocenters. The Balaban J connectivity index is 1.65. The third-order valence-electron chi connectivity index (χ3n) is 5.52. The second kappa shape index (κ2) is 6.77. The van der Waals surface area contributed by atoms with Gasteiger partial charge in [-0.05, 0) is 31.5 Å². The topological polar surface area (TPSA) is 57.7 Å². The van der Waals surface area contributed by atoms with E-state index in [1.165, 1.54) is 5.56 Å². The SMILES string of the molecule is Cc1ccc(CN2CC(=O)N(c3ccc(C)cc3)C3CS(=O)(=O)CC32)cc1. The fourth-order valence-electron chi connectivity index (χ4n) is 4.10. The number of benzene rings is 2. The van der Waals surface area contributed by atoms with Crippen molar-refractivity contribution >= 4 is 21.4 Å². The minimum absolute atomic E-state index is 0.0294. The van der Waals surface area contributed by atoms with Crippen molar-refractivity contribution in [2.24, 2.45) is 0 Å². The average Bonchev–Trinajstić information content (AvgIpc) is 2.93. The molecule has 0 N–H and O–H groups in total. The zero-order chi connectivity index (χ0) is 19.2. The molecule has 0 spiro atoms. The Morgan fingerprint density at radius 3 is 2.07 bits per heavy atom. The molecule has 2 heterocycles. The molecule has 0 aliphatic carbocycles. The van der Waals surface area contributed by atoms with Gasteiger partial charge in [0.1, 0.15) is 0 Å². The Labute approximate surface area is 160 Å². The number of nitrogens with zero attached hydrogens (tertiary/aromatic N) is 2. The number of carbonyl (C=O) groups excluding carboxylic acids is 1. The third kappa shape index (κ3) is 3.64. The molecular weight excluding hydrogens is 360 g/mol. The van der Waals surface area contributed by atoms with E-state index in [-0.39, 0.29) is 36.0 Å². The molecule has 2 aromatic carbocycles. The molecule has 2 fully saturated rings. The van der Waals surface area contributed by atoms with Crippen LogP contribution in [-0.4, -0.2) is 49.4 Å². The van der Waals surface area contributed by atoms with E-state index in [0.717, 1.165) is 16.8 Å². The first-order chi connectivity index (χ1) is 12.8. The summed E-state index contributed by atoms with van der Waals surface area (Å²) in [7, 11) is -3.17. The standard InChI is InChI=1S/C21H24N2O3S/c1-15-3-7-17(8-4-15)11-22-12-21(24)23(18-9-5-16(2)6-10-18)20-14-27(25,26)13-19(20)22/h3-10,19-20H,11-14H2,1-2H3. The largest absolute Gasteiger partial charge is 0.306 e. The van der Waals surface area contributed by atoms with E-state index in [9.17, 15) is 13.2 Å². The van der Waals surface area contributed by atoms with Crippen LogP contribution in [0.2, 0.25) is 0 Å². The maximum Gasteiger partial charge on any atom is 0.241 e. The number of aryl methyl sites for hydroxylation is 2. The van der Waals surface area contributed by atoms with Crippen molar-refractivity contribution in [2.45, 2.75) is 32.5 Å². The van der Waals surface area contributed by atoms with Crippen molar-refractivity contribution in [1.82, 2.24) is 4.90 Å². The van der Waals surface area contributed by atoms with Crippen LogP contribution in [0.5, 0.6) is 0 Å². The summed E-state index contributed by atoms with van der Waals surface area (Å²) < 4.78 is 24.8. The number of anilines is 1. The molecule has 27 heavy (non-hydrogen) atoms. The molecule has 4 rings (SSSR count). The number of hydrogen-bond acceptors (Lipinski definition) is 4. The smallest absolute Gasteiger partial charge is 0.241 e. The Morgan fingerprint density at radius 2 is 1.44 bits per heavy atom. The van der Waals surface area contributed by atoms with Gasteiger partial charge in [-0.3, -0.25) is 9.69 Å². The number of amides is 1. The Hall–Kier alpha value is -2.18. The molecular formula is C21H24N2O3S. The summed E-state index contributed by atoms with van der Waals surface area (Å²) in [4.78, 5) is 16.7. The first-order valence-corrected chi connectivity index (χ1v) is 11.0. The predicted octanol–water partition coefficient (Wildman–Crippen LogP) is 2.32. The minimum Gasteiger partial charge on any atom is -0.306 e. The molecule has 6 heteroatoms. The van der Waals surface area contributed by atoms with Crippen LogP contribution in [0.4, 0.5) is 5.69 Å². The number of sulfone groups is 1. The van der Waals surface area contributed by atoms with Gasteiger partial charge >= 0.3 is 0 Å². The van der Waals surface area contributed by atoms with Gasteiger partial charge in [-0.15, -0.1) is 0 Å². The number of carbonyl (C=O) groups is 1. The lowest BCUT2D eigenvalue weighted by Crippen LogP contribution is -2.61. The van der Waals surface area contributed by atoms with E-state index in [0.29, 0.717) is 6.54 Å². The molecule has 1 amide bonds. The van der Waals surface area contributed by atoms with Crippen LogP contribution >= 0.6 is 0 Å². The van der Waals surface area contributed by atoms with E-state index in [4.69, 9.17) is 0 Å². The maximum absolute atomic E-state index is 13.0. The monoisotopic (exact) mass is 384 g/mol. The second-order valence-corrected chi connectivity index (χ2v) is 9.86. The summed E-state index contributed by atoms with van der Waals surface area (Å²) >= 11 is 0. The number of rotatable bonds is 3. The van der Waals surface area contributed by atoms with Crippen LogP contribution in [0.25, 0.3) is 0 Å². The van der Waals surface area contributed by atoms with E-state index >= 15 is 0 Å². The van der Waals surface area contributed by atoms with Crippen molar-refractivity contribution in [1.29, 1.82) is 0 Å². The zero-order valence-corrected chi connectivity index (χ0v) is 16.4. The van der Waals surface area contributed by atoms with Crippen molar-refractivity contribution in [3.05, 3.63) is 65.2 Å². The van der Waals surface area contributed by atoms with E-state index in [1.807, 2.05) is 67.3 Å². The molecule has 2 saturated heterocycles. The van der Waals surface area contributed by atoms with Crippen LogP contribution in [0.1, 0.15) is 16.7 Å². The molecule has 2 aliphatic rings.